The third kappa shape index (κ3) is 5.00. The van der Waals surface area contributed by atoms with Crippen LogP contribution in [0.2, 0.25) is 0 Å². The van der Waals surface area contributed by atoms with E-state index >= 15 is 0 Å². The Labute approximate surface area is 103 Å². The largest absolute Gasteiger partial charge is 0.446 e. The van der Waals surface area contributed by atoms with E-state index in [2.05, 4.69) is 13.8 Å². The van der Waals surface area contributed by atoms with Gasteiger partial charge in [-0.2, -0.15) is 0 Å². The Bertz CT molecular complexity index is 374. The van der Waals surface area contributed by atoms with Gasteiger partial charge in [-0.25, -0.2) is 4.79 Å². The first-order chi connectivity index (χ1) is 7.99. The minimum Gasteiger partial charge on any atom is -0.446 e. The van der Waals surface area contributed by atoms with E-state index in [-0.39, 0.29) is 5.97 Å². The predicted octanol–water partition coefficient (Wildman–Crippen LogP) is 2.70. The zero-order valence-electron chi connectivity index (χ0n) is 11.1. The van der Waals surface area contributed by atoms with Crippen LogP contribution in [-0.4, -0.2) is 31.2 Å². The molecule has 0 bridgehead atoms. The first-order valence-corrected chi connectivity index (χ1v) is 5.91. The molecule has 0 saturated carbocycles. The van der Waals surface area contributed by atoms with E-state index in [0.717, 1.165) is 12.1 Å². The number of nitrogens with zero attached hydrogens (tertiary/aromatic N) is 1. The summed E-state index contributed by atoms with van der Waals surface area (Å²) >= 11 is 0. The minimum absolute atomic E-state index is 0.260. The van der Waals surface area contributed by atoms with Crippen molar-refractivity contribution in [3.63, 3.8) is 0 Å². The fraction of sp³-hybridized carbons (Fsp3) is 0.500. The van der Waals surface area contributed by atoms with E-state index in [1.165, 1.54) is 0 Å². The van der Waals surface area contributed by atoms with E-state index in [0.29, 0.717) is 18.2 Å². The van der Waals surface area contributed by atoms with E-state index < -0.39 is 0 Å². The van der Waals surface area contributed by atoms with Gasteiger partial charge in [0.25, 0.3) is 0 Å². The molecule has 0 amide bonds. The maximum absolute atomic E-state index is 11.7. The number of hydrogen-bond donors (Lipinski definition) is 0. The molecule has 0 heterocycles. The zero-order chi connectivity index (χ0) is 12.8. The van der Waals surface area contributed by atoms with Gasteiger partial charge in [0.1, 0.15) is 6.73 Å². The summed E-state index contributed by atoms with van der Waals surface area (Å²) in [5.41, 5.74) is 1.68. The van der Waals surface area contributed by atoms with Gasteiger partial charge in [0.05, 0.1) is 5.56 Å². The van der Waals surface area contributed by atoms with E-state index in [9.17, 15) is 4.79 Å². The Kier molecular flexibility index (Phi) is 5.16. The van der Waals surface area contributed by atoms with Crippen molar-refractivity contribution < 1.29 is 9.53 Å². The van der Waals surface area contributed by atoms with Gasteiger partial charge in [-0.1, -0.05) is 31.5 Å². The summed E-state index contributed by atoms with van der Waals surface area (Å²) in [7, 11) is 1.95. The van der Waals surface area contributed by atoms with E-state index in [4.69, 9.17) is 4.74 Å². The van der Waals surface area contributed by atoms with Gasteiger partial charge < -0.3 is 4.74 Å². The van der Waals surface area contributed by atoms with Crippen molar-refractivity contribution in [3.05, 3.63) is 35.4 Å². The fourth-order valence-corrected chi connectivity index (χ4v) is 1.70. The average Bonchev–Trinajstić information content (AvgIpc) is 2.25. The number of benzene rings is 1. The van der Waals surface area contributed by atoms with Crippen molar-refractivity contribution >= 4 is 5.97 Å². The second-order valence-corrected chi connectivity index (χ2v) is 4.86. The molecule has 0 radical (unpaired) electrons. The van der Waals surface area contributed by atoms with Crippen molar-refractivity contribution in [1.82, 2.24) is 4.90 Å². The van der Waals surface area contributed by atoms with Gasteiger partial charge in [0.2, 0.25) is 0 Å². The van der Waals surface area contributed by atoms with Crippen molar-refractivity contribution in [3.8, 4) is 0 Å². The van der Waals surface area contributed by atoms with E-state index in [1.807, 2.05) is 37.1 Å². The highest BCUT2D eigenvalue weighted by Crippen LogP contribution is 2.06. The van der Waals surface area contributed by atoms with Gasteiger partial charge >= 0.3 is 5.97 Å². The van der Waals surface area contributed by atoms with Crippen LogP contribution in [0.25, 0.3) is 0 Å². The molecule has 1 rings (SSSR count). The lowest BCUT2D eigenvalue weighted by molar-refractivity contribution is 0.0253. The van der Waals surface area contributed by atoms with Gasteiger partial charge in [0.15, 0.2) is 0 Å². The summed E-state index contributed by atoms with van der Waals surface area (Å²) < 4.78 is 5.23. The molecule has 0 fully saturated rings. The average molecular weight is 235 g/mol. The number of ether oxygens (including phenoxy) is 1. The number of hydrogen-bond acceptors (Lipinski definition) is 3. The second-order valence-electron chi connectivity index (χ2n) is 4.86. The third-order valence-corrected chi connectivity index (χ3v) is 2.35. The van der Waals surface area contributed by atoms with Crippen LogP contribution in [-0.2, 0) is 4.74 Å². The maximum Gasteiger partial charge on any atom is 0.339 e. The highest BCUT2D eigenvalue weighted by molar-refractivity contribution is 5.89. The monoisotopic (exact) mass is 235 g/mol. The molecule has 0 aromatic heterocycles. The van der Waals surface area contributed by atoms with Crippen molar-refractivity contribution in [1.29, 1.82) is 0 Å². The Morgan fingerprint density at radius 3 is 2.71 bits per heavy atom. The molecule has 0 aliphatic heterocycles. The second kappa shape index (κ2) is 6.40. The standard InChI is InChI=1S/C14H21NO2/c1-11(2)9-15(4)10-17-14(16)13-7-5-6-12(3)8-13/h5-8,11H,9-10H2,1-4H3. The van der Waals surface area contributed by atoms with Gasteiger partial charge in [0, 0.05) is 6.54 Å². The fourth-order valence-electron chi connectivity index (χ4n) is 1.70. The van der Waals surface area contributed by atoms with Gasteiger partial charge in [-0.3, -0.25) is 4.90 Å². The van der Waals surface area contributed by atoms with Crippen LogP contribution >= 0.6 is 0 Å². The smallest absolute Gasteiger partial charge is 0.339 e. The van der Waals surface area contributed by atoms with Crippen LogP contribution in [0.15, 0.2) is 24.3 Å². The molecule has 1 aromatic rings. The van der Waals surface area contributed by atoms with Crippen molar-refractivity contribution in [2.45, 2.75) is 20.8 Å². The molecule has 0 N–H and O–H groups in total. The van der Waals surface area contributed by atoms with Crippen LogP contribution in [0.3, 0.4) is 0 Å². The molecular weight excluding hydrogens is 214 g/mol. The molecule has 0 aliphatic carbocycles. The topological polar surface area (TPSA) is 29.5 Å². The number of esters is 1. The lowest BCUT2D eigenvalue weighted by atomic mass is 10.1. The lowest BCUT2D eigenvalue weighted by Crippen LogP contribution is -2.27. The maximum atomic E-state index is 11.7. The SMILES string of the molecule is Cc1cccc(C(=O)OCN(C)CC(C)C)c1. The number of carbonyl (C=O) groups is 1. The Morgan fingerprint density at radius 1 is 1.41 bits per heavy atom. The Hall–Kier alpha value is -1.35. The predicted molar refractivity (Wildman–Crippen MR) is 68.9 cm³/mol. The molecule has 0 atom stereocenters. The van der Waals surface area contributed by atoms with Crippen LogP contribution in [0, 0.1) is 12.8 Å². The van der Waals surface area contributed by atoms with Crippen molar-refractivity contribution in [2.75, 3.05) is 20.3 Å². The quantitative estimate of drug-likeness (QED) is 0.580. The van der Waals surface area contributed by atoms with Crippen LogP contribution < -0.4 is 0 Å². The summed E-state index contributed by atoms with van der Waals surface area (Å²) in [6, 6.07) is 7.44. The lowest BCUT2D eigenvalue weighted by Gasteiger charge is -2.18. The molecule has 0 aliphatic rings. The summed E-state index contributed by atoms with van der Waals surface area (Å²) in [6.45, 7) is 7.49. The molecule has 0 unspecified atom stereocenters. The first-order valence-electron chi connectivity index (χ1n) is 5.91. The number of carbonyl (C=O) groups excluding carboxylic acids is 1. The van der Waals surface area contributed by atoms with Crippen molar-refractivity contribution in [2.24, 2.45) is 5.92 Å². The third-order valence-electron chi connectivity index (χ3n) is 2.35. The number of rotatable bonds is 5. The minimum atomic E-state index is -0.260. The first kappa shape index (κ1) is 13.7. The normalized spacial score (nSPS) is 10.9. The molecule has 94 valence electrons. The van der Waals surface area contributed by atoms with Crippen LogP contribution in [0.4, 0.5) is 0 Å². The summed E-state index contributed by atoms with van der Waals surface area (Å²) in [4.78, 5) is 13.7. The molecule has 17 heavy (non-hydrogen) atoms. The Balaban J connectivity index is 2.45. The summed E-state index contributed by atoms with van der Waals surface area (Å²) in [5, 5.41) is 0. The van der Waals surface area contributed by atoms with Gasteiger partial charge in [-0.05, 0) is 32.0 Å². The molecular formula is C14H21NO2. The zero-order valence-corrected chi connectivity index (χ0v) is 11.1. The molecule has 0 spiro atoms. The molecule has 3 heteroatoms. The molecule has 1 aromatic carbocycles. The highest BCUT2D eigenvalue weighted by atomic mass is 16.5. The number of aryl methyl sites for hydroxylation is 1. The van der Waals surface area contributed by atoms with Gasteiger partial charge in [-0.15, -0.1) is 0 Å². The summed E-state index contributed by atoms with van der Waals surface area (Å²) in [5.74, 6) is 0.307. The highest BCUT2D eigenvalue weighted by Gasteiger charge is 2.09. The van der Waals surface area contributed by atoms with Crippen LogP contribution in [0.5, 0.6) is 0 Å². The summed E-state index contributed by atoms with van der Waals surface area (Å²) in [6.07, 6.45) is 0. The molecule has 0 saturated heterocycles. The van der Waals surface area contributed by atoms with Crippen LogP contribution in [0.1, 0.15) is 29.8 Å². The Morgan fingerprint density at radius 2 is 2.12 bits per heavy atom. The van der Waals surface area contributed by atoms with E-state index in [1.54, 1.807) is 6.07 Å². The molecule has 3 nitrogen and oxygen atoms in total.